The molecule has 0 saturated heterocycles. The van der Waals surface area contributed by atoms with Gasteiger partial charge in [0.25, 0.3) is 0 Å². The predicted octanol–water partition coefficient (Wildman–Crippen LogP) is 0.894. The maximum atomic E-state index is 10.2. The van der Waals surface area contributed by atoms with Crippen LogP contribution in [0.25, 0.3) is 11.1 Å². The number of nitrogens with zero attached hydrogens (tertiary/aromatic N) is 2. The van der Waals surface area contributed by atoms with Crippen molar-refractivity contribution in [3.63, 3.8) is 0 Å². The smallest absolute Gasteiger partial charge is 0.223 e. The Bertz CT molecular complexity index is 716. The van der Waals surface area contributed by atoms with Gasteiger partial charge in [0.2, 0.25) is 5.95 Å². The van der Waals surface area contributed by atoms with E-state index in [1.54, 1.807) is 0 Å². The van der Waals surface area contributed by atoms with Crippen LogP contribution in [0.2, 0.25) is 5.15 Å². The van der Waals surface area contributed by atoms with Crippen molar-refractivity contribution < 1.29 is 15.3 Å². The Hall–Kier alpha value is -1.93. The average molecular weight is 351 g/mol. The van der Waals surface area contributed by atoms with E-state index in [-0.39, 0.29) is 17.7 Å². The van der Waals surface area contributed by atoms with E-state index in [0.717, 1.165) is 5.56 Å². The van der Waals surface area contributed by atoms with Crippen molar-refractivity contribution in [2.45, 2.75) is 24.7 Å². The molecular formula is C16H19ClN4O3. The van der Waals surface area contributed by atoms with Gasteiger partial charge in [0.15, 0.2) is 0 Å². The van der Waals surface area contributed by atoms with Crippen LogP contribution in [0.4, 0.5) is 11.8 Å². The second-order valence-electron chi connectivity index (χ2n) is 5.87. The lowest BCUT2D eigenvalue weighted by atomic mass is 10.1. The lowest BCUT2D eigenvalue weighted by Crippen LogP contribution is -2.35. The zero-order valence-electron chi connectivity index (χ0n) is 12.8. The number of nitrogens with two attached hydrogens (primary N) is 1. The first kappa shape index (κ1) is 16.9. The van der Waals surface area contributed by atoms with Crippen molar-refractivity contribution in [2.24, 2.45) is 5.92 Å². The molecule has 4 atom stereocenters. The standard InChI is InChI=1S/C16H19ClN4O3/c17-14-11(8-4-2-1-3-5-8)15(21-16(18)20-14)19-10-6-9(7-22)12(23)13(10)24/h1-5,9-10,12-13,22-24H,6-7H2,(H3,18,19,20,21)/t9-,10-,12-,13+/m1/s1. The van der Waals surface area contributed by atoms with E-state index in [9.17, 15) is 15.3 Å². The van der Waals surface area contributed by atoms with E-state index >= 15 is 0 Å². The molecule has 1 heterocycles. The highest BCUT2D eigenvalue weighted by atomic mass is 35.5. The Balaban J connectivity index is 1.96. The number of aliphatic hydroxyl groups excluding tert-OH is 3. The fourth-order valence-corrected chi connectivity index (χ4v) is 3.32. The SMILES string of the molecule is Nc1nc(Cl)c(-c2ccccc2)c(N[C@@H]2C[C@H](CO)[C@@H](O)[C@H]2O)n1. The molecule has 7 nitrogen and oxygen atoms in total. The summed E-state index contributed by atoms with van der Waals surface area (Å²) in [6.45, 7) is -0.200. The number of benzene rings is 1. The van der Waals surface area contributed by atoms with Crippen molar-refractivity contribution >= 4 is 23.4 Å². The Morgan fingerprint density at radius 3 is 2.50 bits per heavy atom. The third-order valence-electron chi connectivity index (χ3n) is 4.30. The molecule has 0 spiro atoms. The molecule has 6 N–H and O–H groups in total. The first-order valence-corrected chi connectivity index (χ1v) is 8.01. The van der Waals surface area contributed by atoms with E-state index in [0.29, 0.717) is 17.8 Å². The highest BCUT2D eigenvalue weighted by Gasteiger charge is 2.41. The van der Waals surface area contributed by atoms with Gasteiger partial charge in [0.05, 0.1) is 17.7 Å². The summed E-state index contributed by atoms with van der Waals surface area (Å²) >= 11 is 6.25. The summed E-state index contributed by atoms with van der Waals surface area (Å²) in [4.78, 5) is 8.19. The average Bonchev–Trinajstić information content (AvgIpc) is 2.83. The van der Waals surface area contributed by atoms with Crippen LogP contribution in [0, 0.1) is 5.92 Å². The molecule has 24 heavy (non-hydrogen) atoms. The van der Waals surface area contributed by atoms with Gasteiger partial charge >= 0.3 is 0 Å². The summed E-state index contributed by atoms with van der Waals surface area (Å²) in [6.07, 6.45) is -1.63. The van der Waals surface area contributed by atoms with Gasteiger partial charge in [0, 0.05) is 12.5 Å². The molecule has 1 aliphatic rings. The summed E-state index contributed by atoms with van der Waals surface area (Å²) in [5.41, 5.74) is 7.07. The summed E-state index contributed by atoms with van der Waals surface area (Å²) in [6, 6.07) is 8.85. The van der Waals surface area contributed by atoms with Crippen molar-refractivity contribution in [3.05, 3.63) is 35.5 Å². The molecule has 1 saturated carbocycles. The molecule has 1 aromatic carbocycles. The number of nitrogen functional groups attached to an aromatic ring is 1. The van der Waals surface area contributed by atoms with Gasteiger partial charge in [-0.2, -0.15) is 4.98 Å². The zero-order chi connectivity index (χ0) is 17.3. The van der Waals surface area contributed by atoms with Crippen LogP contribution in [0.15, 0.2) is 30.3 Å². The number of aliphatic hydroxyl groups is 3. The van der Waals surface area contributed by atoms with Gasteiger partial charge in [-0.1, -0.05) is 41.9 Å². The molecule has 0 aliphatic heterocycles. The predicted molar refractivity (Wildman–Crippen MR) is 91.5 cm³/mol. The largest absolute Gasteiger partial charge is 0.396 e. The van der Waals surface area contributed by atoms with Crippen molar-refractivity contribution in [2.75, 3.05) is 17.7 Å². The third kappa shape index (κ3) is 3.16. The van der Waals surface area contributed by atoms with Gasteiger partial charge in [-0.3, -0.25) is 0 Å². The number of hydrogen-bond acceptors (Lipinski definition) is 7. The number of halogens is 1. The molecule has 128 valence electrons. The highest BCUT2D eigenvalue weighted by Crippen LogP contribution is 2.36. The van der Waals surface area contributed by atoms with Crippen LogP contribution in [-0.2, 0) is 0 Å². The lowest BCUT2D eigenvalue weighted by molar-refractivity contribution is 0.00446. The lowest BCUT2D eigenvalue weighted by Gasteiger charge is -2.21. The minimum atomic E-state index is -1.03. The van der Waals surface area contributed by atoms with E-state index in [1.165, 1.54) is 0 Å². The van der Waals surface area contributed by atoms with E-state index < -0.39 is 24.2 Å². The van der Waals surface area contributed by atoms with Crippen LogP contribution in [0.5, 0.6) is 0 Å². The van der Waals surface area contributed by atoms with Gasteiger partial charge in [-0.15, -0.1) is 0 Å². The molecule has 0 bridgehead atoms. The minimum Gasteiger partial charge on any atom is -0.396 e. The molecule has 1 aromatic heterocycles. The topological polar surface area (TPSA) is 125 Å². The van der Waals surface area contributed by atoms with Crippen LogP contribution < -0.4 is 11.1 Å². The fourth-order valence-electron chi connectivity index (χ4n) is 3.04. The summed E-state index contributed by atoms with van der Waals surface area (Å²) in [5, 5.41) is 32.7. The Morgan fingerprint density at radius 1 is 1.17 bits per heavy atom. The first-order chi connectivity index (χ1) is 11.5. The van der Waals surface area contributed by atoms with Gasteiger partial charge < -0.3 is 26.4 Å². The Kier molecular flexibility index (Phi) is 4.86. The van der Waals surface area contributed by atoms with Crippen LogP contribution in [-0.4, -0.2) is 50.1 Å². The highest BCUT2D eigenvalue weighted by molar-refractivity contribution is 6.32. The number of hydrogen-bond donors (Lipinski definition) is 5. The molecular weight excluding hydrogens is 332 g/mol. The maximum Gasteiger partial charge on any atom is 0.223 e. The zero-order valence-corrected chi connectivity index (χ0v) is 13.6. The fraction of sp³-hybridized carbons (Fsp3) is 0.375. The van der Waals surface area contributed by atoms with Crippen LogP contribution >= 0.6 is 11.6 Å². The molecule has 0 amide bonds. The monoisotopic (exact) mass is 350 g/mol. The summed E-state index contributed by atoms with van der Waals surface area (Å²) < 4.78 is 0. The molecule has 8 heteroatoms. The van der Waals surface area contributed by atoms with E-state index in [4.69, 9.17) is 17.3 Å². The van der Waals surface area contributed by atoms with Gasteiger partial charge in [-0.05, 0) is 12.0 Å². The van der Waals surface area contributed by atoms with Crippen LogP contribution in [0.1, 0.15) is 6.42 Å². The molecule has 3 rings (SSSR count). The van der Waals surface area contributed by atoms with Crippen molar-refractivity contribution in [1.82, 2.24) is 9.97 Å². The normalized spacial score (nSPS) is 26.5. The Morgan fingerprint density at radius 2 is 1.88 bits per heavy atom. The molecule has 1 fully saturated rings. The number of nitrogens with one attached hydrogen (secondary N) is 1. The second-order valence-corrected chi connectivity index (χ2v) is 6.23. The molecule has 2 aromatic rings. The number of rotatable bonds is 4. The molecule has 0 unspecified atom stereocenters. The second kappa shape index (κ2) is 6.90. The Labute approximate surface area is 144 Å². The summed E-state index contributed by atoms with van der Waals surface area (Å²) in [7, 11) is 0. The number of aromatic nitrogens is 2. The van der Waals surface area contributed by atoms with Gasteiger partial charge in [0.1, 0.15) is 17.1 Å². The molecule has 1 aliphatic carbocycles. The first-order valence-electron chi connectivity index (χ1n) is 7.63. The minimum absolute atomic E-state index is 0.00826. The van der Waals surface area contributed by atoms with E-state index in [1.807, 2.05) is 30.3 Å². The third-order valence-corrected chi connectivity index (χ3v) is 4.58. The maximum absolute atomic E-state index is 10.2. The summed E-state index contributed by atoms with van der Waals surface area (Å²) in [5.74, 6) is -0.00482. The van der Waals surface area contributed by atoms with E-state index in [2.05, 4.69) is 15.3 Å². The number of anilines is 2. The van der Waals surface area contributed by atoms with Gasteiger partial charge in [-0.25, -0.2) is 4.98 Å². The van der Waals surface area contributed by atoms with Crippen LogP contribution in [0.3, 0.4) is 0 Å². The van der Waals surface area contributed by atoms with Crippen molar-refractivity contribution in [1.29, 1.82) is 0 Å². The quantitative estimate of drug-likeness (QED) is 0.519. The van der Waals surface area contributed by atoms with Crippen molar-refractivity contribution in [3.8, 4) is 11.1 Å². The molecule has 0 radical (unpaired) electrons.